The van der Waals surface area contributed by atoms with Crippen molar-refractivity contribution in [3.8, 4) is 0 Å². The molecule has 0 saturated heterocycles. The van der Waals surface area contributed by atoms with Crippen molar-refractivity contribution >= 4 is 5.90 Å². The fraction of sp³-hybridized carbons (Fsp3) is 0.533. The van der Waals surface area contributed by atoms with E-state index in [9.17, 15) is 0 Å². The van der Waals surface area contributed by atoms with Crippen LogP contribution in [0.25, 0.3) is 0 Å². The average molecular weight is 283 g/mol. The zero-order valence-electron chi connectivity index (χ0n) is 12.3. The van der Waals surface area contributed by atoms with Gasteiger partial charge in [-0.15, -0.1) is 0 Å². The molecule has 1 heterocycles. The highest BCUT2D eigenvalue weighted by atomic mass is 16.5. The van der Waals surface area contributed by atoms with Crippen LogP contribution in [0.1, 0.15) is 6.92 Å². The molecule has 1 aromatic rings. The summed E-state index contributed by atoms with van der Waals surface area (Å²) in [4.78, 5) is 3.93. The Morgan fingerprint density at radius 2 is 1.70 bits per heavy atom. The van der Waals surface area contributed by atoms with Crippen LogP contribution in [0.15, 0.2) is 41.4 Å². The van der Waals surface area contributed by atoms with Crippen molar-refractivity contribution in [2.75, 3.05) is 46.7 Å². The van der Waals surface area contributed by atoms with Gasteiger partial charge in [0.05, 0.1) is 33.0 Å². The van der Waals surface area contributed by atoms with E-state index in [-0.39, 0.29) is 6.61 Å². The van der Waals surface area contributed by atoms with E-state index in [1.165, 1.54) is 0 Å². The van der Waals surface area contributed by atoms with Gasteiger partial charge in [0.15, 0.2) is 5.90 Å². The zero-order chi connectivity index (χ0) is 14.9. The minimum Gasteiger partial charge on any atom is -0.479 e. The number of aliphatic hydroxyl groups excluding tert-OH is 1. The first-order valence-corrected chi connectivity index (χ1v) is 6.62. The summed E-state index contributed by atoms with van der Waals surface area (Å²) < 4.78 is 14.4. The minimum absolute atomic E-state index is 0.0870. The number of methoxy groups -OCH3 is 1. The average Bonchev–Trinajstić information content (AvgIpc) is 2.98. The summed E-state index contributed by atoms with van der Waals surface area (Å²) in [6.45, 7) is 5.16. The Labute approximate surface area is 121 Å². The maximum atomic E-state index is 8.20. The van der Waals surface area contributed by atoms with Crippen LogP contribution in [0.5, 0.6) is 0 Å². The third-order valence-electron chi connectivity index (χ3n) is 2.07. The molecule has 0 radical (unpaired) electrons. The van der Waals surface area contributed by atoms with Gasteiger partial charge in [-0.05, 0) is 0 Å². The van der Waals surface area contributed by atoms with Gasteiger partial charge in [0.25, 0.3) is 0 Å². The largest absolute Gasteiger partial charge is 0.479 e. The minimum atomic E-state index is 0.0870. The summed E-state index contributed by atoms with van der Waals surface area (Å²) in [6.07, 6.45) is 0. The summed E-state index contributed by atoms with van der Waals surface area (Å²) in [6, 6.07) is 12.0. The first-order valence-electron chi connectivity index (χ1n) is 6.62. The number of nitrogens with zero attached hydrogens (tertiary/aromatic N) is 1. The highest BCUT2D eigenvalue weighted by molar-refractivity contribution is 5.74. The van der Waals surface area contributed by atoms with Crippen molar-refractivity contribution in [2.45, 2.75) is 6.92 Å². The number of aliphatic imine (C=N–C) groups is 1. The normalized spacial score (nSPS) is 12.2. The Morgan fingerprint density at radius 3 is 2.00 bits per heavy atom. The summed E-state index contributed by atoms with van der Waals surface area (Å²) in [5.74, 6) is 0.829. The maximum absolute atomic E-state index is 8.20. The fourth-order valence-electron chi connectivity index (χ4n) is 1.14. The Kier molecular flexibility index (Phi) is 14.5. The molecule has 20 heavy (non-hydrogen) atoms. The third-order valence-corrected chi connectivity index (χ3v) is 2.07. The number of hydrogen-bond acceptors (Lipinski definition) is 5. The van der Waals surface area contributed by atoms with Crippen LogP contribution >= 0.6 is 0 Å². The first-order chi connectivity index (χ1) is 9.81. The van der Waals surface area contributed by atoms with Crippen molar-refractivity contribution in [3.63, 3.8) is 0 Å². The quantitative estimate of drug-likeness (QED) is 0.837. The van der Waals surface area contributed by atoms with Crippen molar-refractivity contribution in [1.82, 2.24) is 0 Å². The smallest absolute Gasteiger partial charge is 0.180 e. The predicted molar refractivity (Wildman–Crippen MR) is 80.2 cm³/mol. The Balaban J connectivity index is 0.000000274. The van der Waals surface area contributed by atoms with Crippen LogP contribution in [-0.4, -0.2) is 57.7 Å². The molecule has 0 aromatic heterocycles. The lowest BCUT2D eigenvalue weighted by atomic mass is 10.4. The van der Waals surface area contributed by atoms with E-state index in [4.69, 9.17) is 14.6 Å². The molecule has 1 aliphatic rings. The lowest BCUT2D eigenvalue weighted by Gasteiger charge is -1.98. The first kappa shape index (κ1) is 18.6. The molecule has 0 aliphatic carbocycles. The monoisotopic (exact) mass is 283 g/mol. The molecule has 0 unspecified atom stereocenters. The highest BCUT2D eigenvalue weighted by Crippen LogP contribution is 1.89. The molecule has 2 rings (SSSR count). The van der Waals surface area contributed by atoms with Gasteiger partial charge >= 0.3 is 0 Å². The maximum Gasteiger partial charge on any atom is 0.180 e. The Morgan fingerprint density at radius 1 is 1.10 bits per heavy atom. The molecule has 0 bridgehead atoms. The molecule has 5 nitrogen and oxygen atoms in total. The molecule has 5 heteroatoms. The van der Waals surface area contributed by atoms with E-state index in [0.29, 0.717) is 19.8 Å². The van der Waals surface area contributed by atoms with E-state index in [1.54, 1.807) is 7.11 Å². The van der Waals surface area contributed by atoms with Crippen molar-refractivity contribution in [1.29, 1.82) is 0 Å². The second-order valence-corrected chi connectivity index (χ2v) is 3.73. The van der Waals surface area contributed by atoms with Crippen LogP contribution in [0.2, 0.25) is 0 Å². The van der Waals surface area contributed by atoms with Crippen LogP contribution in [-0.2, 0) is 14.2 Å². The van der Waals surface area contributed by atoms with Crippen LogP contribution in [0.4, 0.5) is 0 Å². The van der Waals surface area contributed by atoms with Crippen LogP contribution < -0.4 is 0 Å². The summed E-state index contributed by atoms with van der Waals surface area (Å²) >= 11 is 0. The van der Waals surface area contributed by atoms with Crippen LogP contribution in [0, 0.1) is 0 Å². The fourth-order valence-corrected chi connectivity index (χ4v) is 1.14. The van der Waals surface area contributed by atoms with Crippen molar-refractivity contribution < 1.29 is 19.3 Å². The number of rotatable bonds is 5. The Bertz CT molecular complexity index is 284. The van der Waals surface area contributed by atoms with E-state index in [1.807, 2.05) is 43.3 Å². The molecule has 0 fully saturated rings. The molecular weight excluding hydrogens is 258 g/mol. The molecule has 1 aliphatic heterocycles. The van der Waals surface area contributed by atoms with Crippen LogP contribution in [0.3, 0.4) is 0 Å². The highest BCUT2D eigenvalue weighted by Gasteiger charge is 1.96. The zero-order valence-corrected chi connectivity index (χ0v) is 12.3. The van der Waals surface area contributed by atoms with Gasteiger partial charge in [-0.25, -0.2) is 0 Å². The van der Waals surface area contributed by atoms with Crippen molar-refractivity contribution in [3.05, 3.63) is 36.4 Å². The molecular formula is C15H25NO4. The number of benzene rings is 1. The second-order valence-electron chi connectivity index (χ2n) is 3.73. The molecule has 0 amide bonds. The lowest BCUT2D eigenvalue weighted by molar-refractivity contribution is 0.0500. The van der Waals surface area contributed by atoms with E-state index < -0.39 is 0 Å². The second kappa shape index (κ2) is 15.6. The van der Waals surface area contributed by atoms with Gasteiger partial charge in [-0.3, -0.25) is 4.99 Å². The Hall–Kier alpha value is -1.43. The predicted octanol–water partition coefficient (Wildman–Crippen LogP) is 1.76. The van der Waals surface area contributed by atoms with Crippen molar-refractivity contribution in [2.24, 2.45) is 4.99 Å². The van der Waals surface area contributed by atoms with Gasteiger partial charge < -0.3 is 19.3 Å². The summed E-state index contributed by atoms with van der Waals surface area (Å²) in [5, 5.41) is 8.20. The number of ether oxygens (including phenoxy) is 3. The molecule has 1 N–H and O–H groups in total. The molecule has 1 aromatic carbocycles. The SMILES string of the molecule is CC1=NCCO1.COCCOCCO.c1ccccc1. The van der Waals surface area contributed by atoms with E-state index in [0.717, 1.165) is 19.0 Å². The van der Waals surface area contributed by atoms with Gasteiger partial charge in [0, 0.05) is 14.0 Å². The molecule has 114 valence electrons. The van der Waals surface area contributed by atoms with Gasteiger partial charge in [0.2, 0.25) is 0 Å². The van der Waals surface area contributed by atoms with Gasteiger partial charge in [-0.1, -0.05) is 36.4 Å². The molecule has 0 saturated carbocycles. The third kappa shape index (κ3) is 14.6. The lowest BCUT2D eigenvalue weighted by Crippen LogP contribution is -2.05. The van der Waals surface area contributed by atoms with E-state index >= 15 is 0 Å². The topological polar surface area (TPSA) is 60.3 Å². The van der Waals surface area contributed by atoms with Gasteiger partial charge in [0.1, 0.15) is 6.61 Å². The molecule has 0 spiro atoms. The van der Waals surface area contributed by atoms with Gasteiger partial charge in [-0.2, -0.15) is 0 Å². The summed E-state index contributed by atoms with van der Waals surface area (Å²) in [5.41, 5.74) is 0. The summed E-state index contributed by atoms with van der Waals surface area (Å²) in [7, 11) is 1.61. The number of aliphatic hydroxyl groups is 1. The standard InChI is InChI=1S/C6H6.C5H12O3.C4H7NO/c1-2-4-6-5-3-1;1-7-4-5-8-3-2-6;1-4-5-2-3-6-4/h1-6H;6H,2-5H2,1H3;2-3H2,1H3. The molecule has 0 atom stereocenters. The number of hydrogen-bond donors (Lipinski definition) is 1. The van der Waals surface area contributed by atoms with E-state index in [2.05, 4.69) is 9.73 Å².